The second-order valence-corrected chi connectivity index (χ2v) is 6.06. The van der Waals surface area contributed by atoms with Gasteiger partial charge < -0.3 is 0 Å². The maximum absolute atomic E-state index is 13.0. The van der Waals surface area contributed by atoms with Crippen molar-refractivity contribution in [2.75, 3.05) is 0 Å². The van der Waals surface area contributed by atoms with Crippen molar-refractivity contribution >= 4 is 34.6 Å². The molecule has 0 bridgehead atoms. The normalized spacial score (nSPS) is 11.3. The minimum Gasteiger partial charge on any atom is -0.235 e. The number of hydrogen-bond acceptors (Lipinski definition) is 3. The molecule has 0 aliphatic rings. The first kappa shape index (κ1) is 15.4. The maximum atomic E-state index is 13.0. The molecule has 0 N–H and O–H groups in total. The van der Waals surface area contributed by atoms with E-state index in [2.05, 4.69) is 11.1 Å². The summed E-state index contributed by atoms with van der Waals surface area (Å²) in [6.07, 6.45) is 1.75. The molecule has 2 nitrogen and oxygen atoms in total. The first-order chi connectivity index (χ1) is 11.2. The Morgan fingerprint density at radius 2 is 2.00 bits per heavy atom. The molecule has 0 aliphatic heterocycles. The molecule has 1 aromatic heterocycles. The van der Waals surface area contributed by atoms with Gasteiger partial charge in [-0.2, -0.15) is 5.26 Å². The molecule has 23 heavy (non-hydrogen) atoms. The third-order valence-electron chi connectivity index (χ3n) is 3.15. The summed E-state index contributed by atoms with van der Waals surface area (Å²) in [7, 11) is 0. The smallest absolute Gasteiger partial charge is 0.134 e. The molecule has 0 radical (unpaired) electrons. The van der Waals surface area contributed by atoms with E-state index in [1.54, 1.807) is 30.3 Å². The van der Waals surface area contributed by atoms with Gasteiger partial charge in [-0.1, -0.05) is 23.7 Å². The van der Waals surface area contributed by atoms with Crippen LogP contribution in [0.4, 0.5) is 4.39 Å². The Morgan fingerprint density at radius 1 is 1.22 bits per heavy atom. The number of nitriles is 1. The average molecular weight is 341 g/mol. The zero-order valence-electron chi connectivity index (χ0n) is 11.8. The third kappa shape index (κ3) is 3.65. The third-order valence-corrected chi connectivity index (χ3v) is 4.27. The summed E-state index contributed by atoms with van der Waals surface area (Å²) in [5.41, 5.74) is 2.84. The van der Waals surface area contributed by atoms with Crippen LogP contribution in [0.2, 0.25) is 5.02 Å². The van der Waals surface area contributed by atoms with Gasteiger partial charge in [-0.05, 0) is 48.0 Å². The van der Waals surface area contributed by atoms with Crippen LogP contribution in [-0.2, 0) is 0 Å². The van der Waals surface area contributed by atoms with Crippen molar-refractivity contribution in [3.8, 4) is 17.3 Å². The van der Waals surface area contributed by atoms with Crippen LogP contribution in [0.5, 0.6) is 0 Å². The monoisotopic (exact) mass is 340 g/mol. The highest BCUT2D eigenvalue weighted by molar-refractivity contribution is 7.11. The van der Waals surface area contributed by atoms with E-state index >= 15 is 0 Å². The molecule has 0 amide bonds. The number of nitrogens with zero attached hydrogens (tertiary/aromatic N) is 2. The Labute approximate surface area is 142 Å². The second kappa shape index (κ2) is 6.74. The van der Waals surface area contributed by atoms with Crippen LogP contribution < -0.4 is 0 Å². The molecule has 112 valence electrons. The SMILES string of the molecule is N#C/C(=C\c1cccc(Cl)c1)c1nc(-c2ccc(F)cc2)cs1. The van der Waals surface area contributed by atoms with E-state index in [4.69, 9.17) is 11.6 Å². The molecule has 0 unspecified atom stereocenters. The predicted molar refractivity (Wildman–Crippen MR) is 92.4 cm³/mol. The van der Waals surface area contributed by atoms with Gasteiger partial charge in [0.05, 0.1) is 11.3 Å². The number of thiazole rings is 1. The van der Waals surface area contributed by atoms with E-state index in [-0.39, 0.29) is 5.82 Å². The van der Waals surface area contributed by atoms with Crippen LogP contribution >= 0.6 is 22.9 Å². The number of hydrogen-bond donors (Lipinski definition) is 0. The zero-order chi connectivity index (χ0) is 16.2. The number of aromatic nitrogens is 1. The van der Waals surface area contributed by atoms with Gasteiger partial charge in [0.1, 0.15) is 16.9 Å². The van der Waals surface area contributed by atoms with Gasteiger partial charge in [0, 0.05) is 16.0 Å². The first-order valence-electron chi connectivity index (χ1n) is 6.75. The fourth-order valence-electron chi connectivity index (χ4n) is 2.06. The lowest BCUT2D eigenvalue weighted by atomic mass is 10.1. The van der Waals surface area contributed by atoms with Crippen LogP contribution in [0.1, 0.15) is 10.6 Å². The molecule has 5 heteroatoms. The Hall–Kier alpha value is -2.48. The van der Waals surface area contributed by atoms with Gasteiger partial charge in [-0.3, -0.25) is 0 Å². The van der Waals surface area contributed by atoms with Gasteiger partial charge in [0.15, 0.2) is 0 Å². The molecule has 0 fully saturated rings. The van der Waals surface area contributed by atoms with Gasteiger partial charge in [0.25, 0.3) is 0 Å². The summed E-state index contributed by atoms with van der Waals surface area (Å²) in [5.74, 6) is -0.289. The number of benzene rings is 2. The molecule has 0 spiro atoms. The quantitative estimate of drug-likeness (QED) is 0.576. The summed E-state index contributed by atoms with van der Waals surface area (Å²) in [6, 6.07) is 15.5. The summed E-state index contributed by atoms with van der Waals surface area (Å²) >= 11 is 7.33. The van der Waals surface area contributed by atoms with E-state index in [9.17, 15) is 9.65 Å². The Balaban J connectivity index is 1.94. The summed E-state index contributed by atoms with van der Waals surface area (Å²) in [5, 5.41) is 12.5. The van der Waals surface area contributed by atoms with Crippen LogP contribution in [0.15, 0.2) is 53.9 Å². The van der Waals surface area contributed by atoms with Gasteiger partial charge in [-0.15, -0.1) is 11.3 Å². The lowest BCUT2D eigenvalue weighted by Gasteiger charge is -1.97. The van der Waals surface area contributed by atoms with Crippen LogP contribution in [0, 0.1) is 17.1 Å². The molecule has 1 heterocycles. The molecule has 0 aliphatic carbocycles. The highest BCUT2D eigenvalue weighted by Crippen LogP contribution is 2.27. The molecular formula is C18H10ClFN2S. The molecule has 0 saturated carbocycles. The Kier molecular flexibility index (Phi) is 4.52. The largest absolute Gasteiger partial charge is 0.235 e. The molecule has 3 rings (SSSR count). The second-order valence-electron chi connectivity index (χ2n) is 4.77. The topological polar surface area (TPSA) is 36.7 Å². The van der Waals surface area contributed by atoms with Crippen molar-refractivity contribution in [3.05, 3.63) is 75.3 Å². The number of allylic oxidation sites excluding steroid dienone is 1. The minimum absolute atomic E-state index is 0.289. The predicted octanol–water partition coefficient (Wildman–Crippen LogP) is 5.67. The highest BCUT2D eigenvalue weighted by atomic mass is 35.5. The van der Waals surface area contributed by atoms with Crippen molar-refractivity contribution < 1.29 is 4.39 Å². The molecule has 2 aromatic carbocycles. The van der Waals surface area contributed by atoms with E-state index in [1.165, 1.54) is 23.5 Å². The molecular weight excluding hydrogens is 331 g/mol. The van der Waals surface area contributed by atoms with Gasteiger partial charge >= 0.3 is 0 Å². The molecule has 0 saturated heterocycles. The maximum Gasteiger partial charge on any atom is 0.134 e. The Morgan fingerprint density at radius 3 is 2.70 bits per heavy atom. The van der Waals surface area contributed by atoms with Crippen LogP contribution in [0.25, 0.3) is 22.9 Å². The van der Waals surface area contributed by atoms with E-state index in [0.29, 0.717) is 15.6 Å². The van der Waals surface area contributed by atoms with Gasteiger partial charge in [-0.25, -0.2) is 9.37 Å². The fourth-order valence-corrected chi connectivity index (χ4v) is 3.05. The molecule has 0 atom stereocenters. The first-order valence-corrected chi connectivity index (χ1v) is 8.00. The summed E-state index contributed by atoms with van der Waals surface area (Å²) in [4.78, 5) is 4.47. The zero-order valence-corrected chi connectivity index (χ0v) is 13.4. The van der Waals surface area contributed by atoms with Crippen molar-refractivity contribution in [2.45, 2.75) is 0 Å². The number of rotatable bonds is 3. The fraction of sp³-hybridized carbons (Fsp3) is 0. The van der Waals surface area contributed by atoms with Crippen molar-refractivity contribution in [1.29, 1.82) is 5.26 Å². The Bertz CT molecular complexity index is 907. The van der Waals surface area contributed by atoms with E-state index in [0.717, 1.165) is 16.8 Å². The lowest BCUT2D eigenvalue weighted by Crippen LogP contribution is -1.83. The van der Waals surface area contributed by atoms with Crippen LogP contribution in [-0.4, -0.2) is 4.98 Å². The van der Waals surface area contributed by atoms with E-state index in [1.807, 2.05) is 17.5 Å². The highest BCUT2D eigenvalue weighted by Gasteiger charge is 2.09. The van der Waals surface area contributed by atoms with Crippen molar-refractivity contribution in [1.82, 2.24) is 4.98 Å². The van der Waals surface area contributed by atoms with E-state index < -0.39 is 0 Å². The van der Waals surface area contributed by atoms with Gasteiger partial charge in [0.2, 0.25) is 0 Å². The lowest BCUT2D eigenvalue weighted by molar-refractivity contribution is 0.628. The molecule has 3 aromatic rings. The van der Waals surface area contributed by atoms with Crippen LogP contribution in [0.3, 0.4) is 0 Å². The van der Waals surface area contributed by atoms with Crippen molar-refractivity contribution in [2.24, 2.45) is 0 Å². The average Bonchev–Trinajstić information content (AvgIpc) is 3.03. The standard InChI is InChI=1S/C18H10ClFN2S/c19-15-3-1-2-12(9-15)8-14(10-21)18-22-17(11-23-18)13-4-6-16(20)7-5-13/h1-9,11H/b14-8+. The summed E-state index contributed by atoms with van der Waals surface area (Å²) in [6.45, 7) is 0. The van der Waals surface area contributed by atoms with Crippen molar-refractivity contribution in [3.63, 3.8) is 0 Å². The number of halogens is 2. The summed E-state index contributed by atoms with van der Waals surface area (Å²) < 4.78 is 13.0. The minimum atomic E-state index is -0.289.